The molecule has 0 fully saturated rings. The number of hydrogen-bond acceptors (Lipinski definition) is 5. The normalized spacial score (nSPS) is 12.3. The molecule has 0 bridgehead atoms. The van der Waals surface area contributed by atoms with E-state index in [0.29, 0.717) is 24.5 Å². The third-order valence-electron chi connectivity index (χ3n) is 2.85. The van der Waals surface area contributed by atoms with Gasteiger partial charge in [-0.2, -0.15) is 0 Å². The van der Waals surface area contributed by atoms with Crippen LogP contribution in [0.2, 0.25) is 0 Å². The predicted octanol–water partition coefficient (Wildman–Crippen LogP) is 0.736. The molecule has 0 saturated carbocycles. The Morgan fingerprint density at radius 2 is 2.30 bits per heavy atom. The minimum Gasteiger partial charge on any atom is -0.465 e. The summed E-state index contributed by atoms with van der Waals surface area (Å²) in [5.74, 6) is -0.315. The standard InChI is InChI=1S/C14H17N3O3/c1-3-20-14(19)10(2)15-9-11-8-13(18)17-7-5-4-6-12(17)16-11/h4-8,10,15H,3,9H2,1-2H3. The van der Waals surface area contributed by atoms with Crippen molar-refractivity contribution in [1.82, 2.24) is 14.7 Å². The fraction of sp³-hybridized carbons (Fsp3) is 0.357. The molecule has 0 aliphatic heterocycles. The number of hydrogen-bond donors (Lipinski definition) is 1. The predicted molar refractivity (Wildman–Crippen MR) is 74.4 cm³/mol. The Labute approximate surface area is 116 Å². The van der Waals surface area contributed by atoms with Crippen molar-refractivity contribution in [3.63, 3.8) is 0 Å². The molecule has 106 valence electrons. The highest BCUT2D eigenvalue weighted by Crippen LogP contribution is 1.99. The molecule has 0 aliphatic carbocycles. The van der Waals surface area contributed by atoms with Crippen LogP contribution in [0.15, 0.2) is 35.3 Å². The van der Waals surface area contributed by atoms with E-state index in [2.05, 4.69) is 10.3 Å². The molecule has 2 heterocycles. The zero-order valence-electron chi connectivity index (χ0n) is 11.5. The lowest BCUT2D eigenvalue weighted by Crippen LogP contribution is -2.35. The van der Waals surface area contributed by atoms with Gasteiger partial charge >= 0.3 is 5.97 Å². The quantitative estimate of drug-likeness (QED) is 0.815. The fourth-order valence-electron chi connectivity index (χ4n) is 1.80. The van der Waals surface area contributed by atoms with Gasteiger partial charge < -0.3 is 4.74 Å². The van der Waals surface area contributed by atoms with Crippen LogP contribution in [0, 0.1) is 0 Å². The summed E-state index contributed by atoms with van der Waals surface area (Å²) >= 11 is 0. The van der Waals surface area contributed by atoms with Crippen molar-refractivity contribution in [3.8, 4) is 0 Å². The van der Waals surface area contributed by atoms with Gasteiger partial charge in [0.25, 0.3) is 5.56 Å². The molecule has 0 amide bonds. The number of fused-ring (bicyclic) bond motifs is 1. The van der Waals surface area contributed by atoms with Crippen molar-refractivity contribution in [2.45, 2.75) is 26.4 Å². The highest BCUT2D eigenvalue weighted by molar-refractivity contribution is 5.75. The first kappa shape index (κ1) is 14.2. The molecular weight excluding hydrogens is 258 g/mol. The van der Waals surface area contributed by atoms with E-state index in [1.807, 2.05) is 6.07 Å². The summed E-state index contributed by atoms with van der Waals surface area (Å²) in [5, 5.41) is 2.99. The molecule has 20 heavy (non-hydrogen) atoms. The number of pyridine rings is 1. The van der Waals surface area contributed by atoms with Crippen molar-refractivity contribution in [3.05, 3.63) is 46.5 Å². The van der Waals surface area contributed by atoms with E-state index in [4.69, 9.17) is 4.74 Å². The molecule has 2 aromatic heterocycles. The number of nitrogens with zero attached hydrogens (tertiary/aromatic N) is 2. The molecule has 1 unspecified atom stereocenters. The van der Waals surface area contributed by atoms with Gasteiger partial charge in [-0.05, 0) is 26.0 Å². The van der Waals surface area contributed by atoms with Gasteiger partial charge in [0.05, 0.1) is 12.3 Å². The minimum atomic E-state index is -0.439. The van der Waals surface area contributed by atoms with Crippen LogP contribution in [0.4, 0.5) is 0 Å². The number of carbonyl (C=O) groups is 1. The van der Waals surface area contributed by atoms with Gasteiger partial charge in [-0.25, -0.2) is 4.98 Å². The molecule has 2 aromatic rings. The van der Waals surface area contributed by atoms with E-state index in [0.717, 1.165) is 0 Å². The van der Waals surface area contributed by atoms with Gasteiger partial charge in [0.1, 0.15) is 11.7 Å². The van der Waals surface area contributed by atoms with Gasteiger partial charge in [-0.1, -0.05) is 6.07 Å². The van der Waals surface area contributed by atoms with Crippen molar-refractivity contribution in [1.29, 1.82) is 0 Å². The average Bonchev–Trinajstić information content (AvgIpc) is 2.45. The Hall–Kier alpha value is -2.21. The molecule has 0 saturated heterocycles. The Kier molecular flexibility index (Phi) is 4.47. The average molecular weight is 275 g/mol. The van der Waals surface area contributed by atoms with E-state index in [1.165, 1.54) is 10.5 Å². The first-order valence-corrected chi connectivity index (χ1v) is 6.49. The maximum Gasteiger partial charge on any atom is 0.322 e. The van der Waals surface area contributed by atoms with Crippen molar-refractivity contribution >= 4 is 11.6 Å². The van der Waals surface area contributed by atoms with E-state index in [1.54, 1.807) is 32.2 Å². The number of ether oxygens (including phenoxy) is 1. The van der Waals surface area contributed by atoms with Crippen LogP contribution in [-0.2, 0) is 16.1 Å². The fourth-order valence-corrected chi connectivity index (χ4v) is 1.80. The second-order valence-electron chi connectivity index (χ2n) is 4.37. The Morgan fingerprint density at radius 3 is 3.05 bits per heavy atom. The van der Waals surface area contributed by atoms with Crippen LogP contribution in [0.5, 0.6) is 0 Å². The van der Waals surface area contributed by atoms with Crippen LogP contribution >= 0.6 is 0 Å². The lowest BCUT2D eigenvalue weighted by Gasteiger charge is -2.12. The molecular formula is C14H17N3O3. The topological polar surface area (TPSA) is 72.7 Å². The van der Waals surface area contributed by atoms with Crippen molar-refractivity contribution < 1.29 is 9.53 Å². The molecule has 1 atom stereocenters. The third-order valence-corrected chi connectivity index (χ3v) is 2.85. The number of nitrogens with one attached hydrogen (secondary N) is 1. The van der Waals surface area contributed by atoms with Gasteiger partial charge in [0, 0.05) is 18.8 Å². The van der Waals surface area contributed by atoms with Crippen molar-refractivity contribution in [2.24, 2.45) is 0 Å². The second kappa shape index (κ2) is 6.29. The van der Waals surface area contributed by atoms with Gasteiger partial charge in [0.2, 0.25) is 0 Å². The molecule has 0 spiro atoms. The maximum atomic E-state index is 11.9. The number of carbonyl (C=O) groups excluding carboxylic acids is 1. The number of aromatic nitrogens is 2. The minimum absolute atomic E-state index is 0.142. The lowest BCUT2D eigenvalue weighted by atomic mass is 10.3. The van der Waals surface area contributed by atoms with Crippen LogP contribution in [-0.4, -0.2) is 28.0 Å². The summed E-state index contributed by atoms with van der Waals surface area (Å²) in [5.41, 5.74) is 1.04. The van der Waals surface area contributed by atoms with Gasteiger partial charge in [-0.15, -0.1) is 0 Å². The zero-order valence-corrected chi connectivity index (χ0v) is 11.5. The molecule has 1 N–H and O–H groups in total. The SMILES string of the molecule is CCOC(=O)C(C)NCc1cc(=O)n2ccccc2n1. The summed E-state index contributed by atoms with van der Waals surface area (Å²) in [6, 6.07) is 6.38. The summed E-state index contributed by atoms with van der Waals surface area (Å²) in [7, 11) is 0. The number of esters is 1. The summed E-state index contributed by atoms with van der Waals surface area (Å²) in [6.07, 6.45) is 1.67. The summed E-state index contributed by atoms with van der Waals surface area (Å²) in [6.45, 7) is 4.16. The first-order valence-electron chi connectivity index (χ1n) is 6.49. The van der Waals surface area contributed by atoms with Gasteiger partial charge in [-0.3, -0.25) is 19.3 Å². The maximum absolute atomic E-state index is 11.9. The molecule has 6 nitrogen and oxygen atoms in total. The summed E-state index contributed by atoms with van der Waals surface area (Å²) < 4.78 is 6.37. The van der Waals surface area contributed by atoms with E-state index < -0.39 is 6.04 Å². The third kappa shape index (κ3) is 3.21. The highest BCUT2D eigenvalue weighted by atomic mass is 16.5. The number of rotatable bonds is 5. The Morgan fingerprint density at radius 1 is 1.50 bits per heavy atom. The molecule has 2 rings (SSSR count). The van der Waals surface area contributed by atoms with E-state index >= 15 is 0 Å². The highest BCUT2D eigenvalue weighted by Gasteiger charge is 2.13. The zero-order chi connectivity index (χ0) is 14.5. The molecule has 0 aliphatic rings. The van der Waals surface area contributed by atoms with Crippen LogP contribution in [0.25, 0.3) is 5.65 Å². The van der Waals surface area contributed by atoms with E-state index in [-0.39, 0.29) is 11.5 Å². The monoisotopic (exact) mass is 275 g/mol. The van der Waals surface area contributed by atoms with Crippen LogP contribution < -0.4 is 10.9 Å². The molecule has 0 radical (unpaired) electrons. The molecule has 6 heteroatoms. The lowest BCUT2D eigenvalue weighted by molar-refractivity contribution is -0.145. The van der Waals surface area contributed by atoms with Crippen LogP contribution in [0.3, 0.4) is 0 Å². The first-order chi connectivity index (χ1) is 9.61. The Balaban J connectivity index is 2.11. The van der Waals surface area contributed by atoms with E-state index in [9.17, 15) is 9.59 Å². The molecule has 0 aromatic carbocycles. The summed E-state index contributed by atoms with van der Waals surface area (Å²) in [4.78, 5) is 27.7. The Bertz CT molecular complexity index is 666. The largest absolute Gasteiger partial charge is 0.465 e. The smallest absolute Gasteiger partial charge is 0.322 e. The van der Waals surface area contributed by atoms with Gasteiger partial charge in [0.15, 0.2) is 0 Å². The van der Waals surface area contributed by atoms with Crippen molar-refractivity contribution in [2.75, 3.05) is 6.61 Å². The second-order valence-corrected chi connectivity index (χ2v) is 4.37. The van der Waals surface area contributed by atoms with Crippen LogP contribution in [0.1, 0.15) is 19.5 Å².